The highest BCUT2D eigenvalue weighted by molar-refractivity contribution is 5.91. The lowest BCUT2D eigenvalue weighted by molar-refractivity contribution is 0.347. The van der Waals surface area contributed by atoms with E-state index in [0.29, 0.717) is 11.7 Å². The standard InChI is InChI=1S/C21H24N6/c1-26-10-4-6-14(8-11-26)21-25-18(19-20(22)23-9-12-27(19)21)17-13-15-5-2-3-7-16(15)24-17/h2-3,5,7,9,12-14,24H,4,6,8,10-11H2,1H3,(H2,22,23). The number of aromatic amines is 1. The van der Waals surface area contributed by atoms with E-state index in [1.54, 1.807) is 6.20 Å². The third-order valence-corrected chi connectivity index (χ3v) is 5.71. The van der Waals surface area contributed by atoms with Crippen LogP contribution in [0.5, 0.6) is 0 Å². The van der Waals surface area contributed by atoms with Crippen molar-refractivity contribution in [1.82, 2.24) is 24.3 Å². The Kier molecular flexibility index (Phi) is 3.86. The molecule has 4 aromatic rings. The molecule has 3 N–H and O–H groups in total. The van der Waals surface area contributed by atoms with Gasteiger partial charge in [0.2, 0.25) is 0 Å². The van der Waals surface area contributed by atoms with Crippen molar-refractivity contribution in [2.24, 2.45) is 0 Å². The summed E-state index contributed by atoms with van der Waals surface area (Å²) in [4.78, 5) is 15.3. The first-order valence-corrected chi connectivity index (χ1v) is 9.60. The predicted molar refractivity (Wildman–Crippen MR) is 109 cm³/mol. The van der Waals surface area contributed by atoms with Gasteiger partial charge in [0.25, 0.3) is 0 Å². The maximum Gasteiger partial charge on any atom is 0.150 e. The number of imidazole rings is 1. The smallest absolute Gasteiger partial charge is 0.150 e. The molecular formula is C21H24N6. The predicted octanol–water partition coefficient (Wildman–Crippen LogP) is 3.66. The summed E-state index contributed by atoms with van der Waals surface area (Å²) < 4.78 is 2.15. The number of nitrogen functional groups attached to an aromatic ring is 1. The number of anilines is 1. The van der Waals surface area contributed by atoms with E-state index in [2.05, 4.69) is 50.6 Å². The van der Waals surface area contributed by atoms with Crippen LogP contribution in [0, 0.1) is 0 Å². The number of hydrogen-bond donors (Lipinski definition) is 2. The molecule has 1 aromatic carbocycles. The molecule has 0 aliphatic carbocycles. The molecular weight excluding hydrogens is 336 g/mol. The number of H-pyrrole nitrogens is 1. The summed E-state index contributed by atoms with van der Waals surface area (Å²) in [6, 6.07) is 10.4. The highest BCUT2D eigenvalue weighted by atomic mass is 15.1. The number of nitrogens with two attached hydrogens (primary N) is 1. The normalized spacial score (nSPS) is 18.9. The monoisotopic (exact) mass is 360 g/mol. The fourth-order valence-electron chi connectivity index (χ4n) is 4.26. The van der Waals surface area contributed by atoms with Gasteiger partial charge in [-0.05, 0) is 51.5 Å². The summed E-state index contributed by atoms with van der Waals surface area (Å²) in [5, 5.41) is 1.17. The van der Waals surface area contributed by atoms with Gasteiger partial charge in [0.15, 0.2) is 0 Å². The quantitative estimate of drug-likeness (QED) is 0.572. The molecule has 1 atom stereocenters. The third-order valence-electron chi connectivity index (χ3n) is 5.71. The van der Waals surface area contributed by atoms with Crippen molar-refractivity contribution in [2.75, 3.05) is 25.9 Å². The minimum Gasteiger partial charge on any atom is -0.382 e. The number of nitrogens with one attached hydrogen (secondary N) is 1. The van der Waals surface area contributed by atoms with Crippen molar-refractivity contribution in [2.45, 2.75) is 25.2 Å². The van der Waals surface area contributed by atoms with Crippen molar-refractivity contribution in [1.29, 1.82) is 0 Å². The van der Waals surface area contributed by atoms with E-state index in [-0.39, 0.29) is 0 Å². The number of likely N-dealkylation sites (tertiary alicyclic amines) is 1. The summed E-state index contributed by atoms with van der Waals surface area (Å²) in [5.41, 5.74) is 10.2. The van der Waals surface area contributed by atoms with Crippen LogP contribution in [0.4, 0.5) is 5.82 Å². The number of rotatable bonds is 2. The second kappa shape index (κ2) is 6.39. The Morgan fingerprint density at radius 3 is 2.96 bits per heavy atom. The molecule has 0 bridgehead atoms. The van der Waals surface area contributed by atoms with E-state index < -0.39 is 0 Å². The average molecular weight is 360 g/mol. The number of nitrogens with zero attached hydrogens (tertiary/aromatic N) is 4. The molecule has 1 aliphatic rings. The second-order valence-electron chi connectivity index (χ2n) is 7.55. The lowest BCUT2D eigenvalue weighted by Crippen LogP contribution is -2.18. The zero-order chi connectivity index (χ0) is 18.4. The van der Waals surface area contributed by atoms with E-state index in [4.69, 9.17) is 10.7 Å². The first-order valence-electron chi connectivity index (χ1n) is 9.60. The lowest BCUT2D eigenvalue weighted by atomic mass is 10.00. The van der Waals surface area contributed by atoms with Crippen LogP contribution in [0.1, 0.15) is 31.0 Å². The van der Waals surface area contributed by atoms with Crippen LogP contribution >= 0.6 is 0 Å². The maximum absolute atomic E-state index is 6.29. The largest absolute Gasteiger partial charge is 0.382 e. The summed E-state index contributed by atoms with van der Waals surface area (Å²) in [6.45, 7) is 2.25. The van der Waals surface area contributed by atoms with Gasteiger partial charge >= 0.3 is 0 Å². The van der Waals surface area contributed by atoms with Crippen molar-refractivity contribution >= 4 is 22.2 Å². The summed E-state index contributed by atoms with van der Waals surface area (Å²) in [7, 11) is 2.20. The number of aromatic nitrogens is 4. The SMILES string of the molecule is CN1CCCC(c2nc(-c3cc4ccccc4[nH]3)c3c(N)nccn23)CC1. The second-order valence-corrected chi connectivity index (χ2v) is 7.55. The van der Waals surface area contributed by atoms with E-state index >= 15 is 0 Å². The Morgan fingerprint density at radius 1 is 1.19 bits per heavy atom. The first kappa shape index (κ1) is 16.3. The number of hydrogen-bond acceptors (Lipinski definition) is 4. The molecule has 6 heteroatoms. The minimum absolute atomic E-state index is 0.433. The Balaban J connectivity index is 1.68. The maximum atomic E-state index is 6.29. The van der Waals surface area contributed by atoms with Gasteiger partial charge in [-0.15, -0.1) is 0 Å². The molecule has 0 spiro atoms. The molecule has 1 aliphatic heterocycles. The van der Waals surface area contributed by atoms with Crippen LogP contribution in [0.3, 0.4) is 0 Å². The van der Waals surface area contributed by atoms with Crippen molar-refractivity contribution in [3.8, 4) is 11.4 Å². The van der Waals surface area contributed by atoms with E-state index in [1.807, 2.05) is 12.3 Å². The average Bonchev–Trinajstić information content (AvgIpc) is 3.20. The topological polar surface area (TPSA) is 75.2 Å². The van der Waals surface area contributed by atoms with E-state index in [1.165, 1.54) is 11.8 Å². The molecule has 0 radical (unpaired) electrons. The minimum atomic E-state index is 0.433. The van der Waals surface area contributed by atoms with Crippen molar-refractivity contribution in [3.63, 3.8) is 0 Å². The number of fused-ring (bicyclic) bond motifs is 2. The van der Waals surface area contributed by atoms with Crippen molar-refractivity contribution in [3.05, 3.63) is 48.5 Å². The zero-order valence-electron chi connectivity index (χ0n) is 15.5. The van der Waals surface area contributed by atoms with Gasteiger partial charge in [-0.2, -0.15) is 0 Å². The molecule has 1 saturated heterocycles. The van der Waals surface area contributed by atoms with Crippen molar-refractivity contribution < 1.29 is 0 Å². The van der Waals surface area contributed by atoms with Gasteiger partial charge in [0.1, 0.15) is 22.9 Å². The Bertz CT molecular complexity index is 1080. The molecule has 6 nitrogen and oxygen atoms in total. The van der Waals surface area contributed by atoms with Crippen LogP contribution < -0.4 is 5.73 Å². The molecule has 1 fully saturated rings. The molecule has 4 heterocycles. The molecule has 1 unspecified atom stereocenters. The van der Waals surface area contributed by atoms with E-state index in [9.17, 15) is 0 Å². The third kappa shape index (κ3) is 2.77. The fraction of sp³-hybridized carbons (Fsp3) is 0.333. The molecule has 3 aromatic heterocycles. The zero-order valence-corrected chi connectivity index (χ0v) is 15.5. The number of para-hydroxylation sites is 1. The number of benzene rings is 1. The lowest BCUT2D eigenvalue weighted by Gasteiger charge is -2.14. The molecule has 5 rings (SSSR count). The first-order chi connectivity index (χ1) is 13.2. The van der Waals surface area contributed by atoms with Gasteiger partial charge in [-0.1, -0.05) is 18.2 Å². The van der Waals surface area contributed by atoms with Crippen LogP contribution in [0.15, 0.2) is 42.7 Å². The van der Waals surface area contributed by atoms with Gasteiger partial charge in [0.05, 0.1) is 5.69 Å². The molecule has 138 valence electrons. The van der Waals surface area contributed by atoms with Gasteiger partial charge in [-0.3, -0.25) is 4.40 Å². The Labute approximate surface area is 158 Å². The van der Waals surface area contributed by atoms with Gasteiger partial charge in [0, 0.05) is 29.2 Å². The summed E-state index contributed by atoms with van der Waals surface area (Å²) in [5.74, 6) is 2.06. The fourth-order valence-corrected chi connectivity index (χ4v) is 4.26. The van der Waals surface area contributed by atoms with Gasteiger partial charge < -0.3 is 15.6 Å². The van der Waals surface area contributed by atoms with E-state index in [0.717, 1.165) is 54.2 Å². The van der Waals surface area contributed by atoms with Crippen LogP contribution in [-0.4, -0.2) is 44.4 Å². The van der Waals surface area contributed by atoms with Gasteiger partial charge in [-0.25, -0.2) is 9.97 Å². The summed E-state index contributed by atoms with van der Waals surface area (Å²) >= 11 is 0. The van der Waals surface area contributed by atoms with Crippen LogP contribution in [0.2, 0.25) is 0 Å². The Hall–Kier alpha value is -2.86. The highest BCUT2D eigenvalue weighted by Crippen LogP contribution is 2.34. The van der Waals surface area contributed by atoms with Crippen LogP contribution in [0.25, 0.3) is 27.8 Å². The molecule has 0 amide bonds. The highest BCUT2D eigenvalue weighted by Gasteiger charge is 2.24. The van der Waals surface area contributed by atoms with Crippen LogP contribution in [-0.2, 0) is 0 Å². The Morgan fingerprint density at radius 2 is 2.07 bits per heavy atom. The summed E-state index contributed by atoms with van der Waals surface area (Å²) in [6.07, 6.45) is 7.22. The molecule has 27 heavy (non-hydrogen) atoms. The molecule has 0 saturated carbocycles.